The van der Waals surface area contributed by atoms with Gasteiger partial charge in [-0.15, -0.1) is 0 Å². The highest BCUT2D eigenvalue weighted by Crippen LogP contribution is 2.35. The molecule has 19 heavy (non-hydrogen) atoms. The average molecular weight is 276 g/mol. The van der Waals surface area contributed by atoms with Gasteiger partial charge in [0.1, 0.15) is 5.75 Å². The molecule has 0 radical (unpaired) electrons. The summed E-state index contributed by atoms with van der Waals surface area (Å²) in [7, 11) is 1.38. The highest BCUT2D eigenvalue weighted by molar-refractivity contribution is 6.59. The molecule has 0 amide bonds. The number of hydrogen-bond acceptors (Lipinski definition) is 1. The van der Waals surface area contributed by atoms with Crippen molar-refractivity contribution in [3.8, 4) is 5.75 Å². The Kier molecular flexibility index (Phi) is 5.96. The maximum absolute atomic E-state index is 5.24. The van der Waals surface area contributed by atoms with Crippen molar-refractivity contribution in [1.29, 1.82) is 0 Å². The zero-order valence-electron chi connectivity index (χ0n) is 12.5. The van der Waals surface area contributed by atoms with Crippen molar-refractivity contribution >= 4 is 8.80 Å². The van der Waals surface area contributed by atoms with Gasteiger partial charge in [0.15, 0.2) is 0 Å². The van der Waals surface area contributed by atoms with Gasteiger partial charge in [-0.3, -0.25) is 0 Å². The molecule has 0 aliphatic carbocycles. The minimum absolute atomic E-state index is 0.360. The van der Waals surface area contributed by atoms with Crippen LogP contribution >= 0.6 is 0 Å². The van der Waals surface area contributed by atoms with Gasteiger partial charge < -0.3 is 4.74 Å². The van der Waals surface area contributed by atoms with Gasteiger partial charge >= 0.3 is 0 Å². The van der Waals surface area contributed by atoms with E-state index in [2.05, 4.69) is 31.2 Å². The summed E-state index contributed by atoms with van der Waals surface area (Å²) in [4.78, 5) is 0. The van der Waals surface area contributed by atoms with Crippen LogP contribution in [0, 0.1) is 0 Å². The molecule has 0 saturated carbocycles. The van der Waals surface area contributed by atoms with E-state index >= 15 is 0 Å². The molecule has 1 aromatic carbocycles. The Morgan fingerprint density at radius 2 is 1.79 bits per heavy atom. The summed E-state index contributed by atoms with van der Waals surface area (Å²) < 4.78 is 5.24. The van der Waals surface area contributed by atoms with Crippen molar-refractivity contribution < 1.29 is 4.74 Å². The maximum atomic E-state index is 5.24. The van der Waals surface area contributed by atoms with Gasteiger partial charge in [0.05, 0.1) is 7.11 Å². The van der Waals surface area contributed by atoms with Crippen LogP contribution in [0.25, 0.3) is 0 Å². The summed E-state index contributed by atoms with van der Waals surface area (Å²) in [5.74, 6) is 1.80. The van der Waals surface area contributed by atoms with Crippen LogP contribution in [0.5, 0.6) is 5.75 Å². The van der Waals surface area contributed by atoms with Crippen LogP contribution in [0.3, 0.4) is 0 Å². The highest BCUT2D eigenvalue weighted by Gasteiger charge is 2.22. The van der Waals surface area contributed by atoms with E-state index < -0.39 is 0 Å². The molecule has 0 aromatic heterocycles. The number of rotatable bonds is 6. The Morgan fingerprint density at radius 1 is 1.11 bits per heavy atom. The molecule has 1 fully saturated rings. The molecule has 0 spiro atoms. The summed E-state index contributed by atoms with van der Waals surface area (Å²) >= 11 is 0. The second-order valence-corrected chi connectivity index (χ2v) is 9.45. The van der Waals surface area contributed by atoms with E-state index in [-0.39, 0.29) is 8.80 Å². The third kappa shape index (κ3) is 4.38. The number of methoxy groups -OCH3 is 1. The first-order chi connectivity index (χ1) is 9.33. The monoisotopic (exact) mass is 276 g/mol. The van der Waals surface area contributed by atoms with Crippen LogP contribution < -0.4 is 4.74 Å². The second-order valence-electron chi connectivity index (χ2n) is 5.99. The first kappa shape index (κ1) is 14.6. The van der Waals surface area contributed by atoms with Crippen molar-refractivity contribution in [3.63, 3.8) is 0 Å². The molecule has 0 N–H and O–H groups in total. The molecule has 1 heterocycles. The highest BCUT2D eigenvalue weighted by atomic mass is 28.3. The van der Waals surface area contributed by atoms with E-state index in [4.69, 9.17) is 4.74 Å². The molecule has 1 nitrogen and oxygen atoms in total. The third-order valence-corrected chi connectivity index (χ3v) is 8.17. The van der Waals surface area contributed by atoms with E-state index in [9.17, 15) is 0 Å². The predicted molar refractivity (Wildman–Crippen MR) is 86.1 cm³/mol. The first-order valence-electron chi connectivity index (χ1n) is 7.97. The van der Waals surface area contributed by atoms with Crippen LogP contribution in [0.2, 0.25) is 18.1 Å². The molecular weight excluding hydrogens is 248 g/mol. The Balaban J connectivity index is 1.78. The van der Waals surface area contributed by atoms with Gasteiger partial charge in [0.25, 0.3) is 0 Å². The minimum Gasteiger partial charge on any atom is -0.497 e. The number of hydrogen-bond donors (Lipinski definition) is 0. The van der Waals surface area contributed by atoms with Gasteiger partial charge in [-0.1, -0.05) is 56.5 Å². The lowest BCUT2D eigenvalue weighted by molar-refractivity contribution is 0.414. The first-order valence-corrected chi connectivity index (χ1v) is 10.4. The topological polar surface area (TPSA) is 9.23 Å². The van der Waals surface area contributed by atoms with Crippen molar-refractivity contribution in [3.05, 3.63) is 29.8 Å². The molecule has 106 valence electrons. The van der Waals surface area contributed by atoms with E-state index in [0.29, 0.717) is 0 Å². The van der Waals surface area contributed by atoms with E-state index in [1.54, 1.807) is 25.2 Å². The number of benzene rings is 1. The maximum Gasteiger partial charge on any atom is 0.118 e. The quantitative estimate of drug-likeness (QED) is 0.525. The lowest BCUT2D eigenvalue weighted by Gasteiger charge is -2.28. The standard InChI is InChI=1S/C17H28OSi/c1-3-4-5-12-19-13-10-16(11-14-19)15-6-8-17(18-2)9-7-15/h6-9,16,19H,3-5,10-14H2,1-2H3. The van der Waals surface area contributed by atoms with E-state index in [1.807, 2.05) is 0 Å². The third-order valence-electron chi connectivity index (χ3n) is 4.65. The molecule has 2 rings (SSSR count). The van der Waals surface area contributed by atoms with Crippen LogP contribution in [-0.2, 0) is 0 Å². The molecule has 0 bridgehead atoms. The SMILES string of the molecule is CCCCC[SiH]1CCC(c2ccc(OC)cc2)CC1. The lowest BCUT2D eigenvalue weighted by Crippen LogP contribution is -2.20. The predicted octanol–water partition coefficient (Wildman–Crippen LogP) is 4.99. The van der Waals surface area contributed by atoms with Gasteiger partial charge in [-0.2, -0.15) is 0 Å². The van der Waals surface area contributed by atoms with Gasteiger partial charge in [0.2, 0.25) is 0 Å². The van der Waals surface area contributed by atoms with Crippen LogP contribution in [0.4, 0.5) is 0 Å². The zero-order chi connectivity index (χ0) is 13.5. The normalized spacial score (nSPS) is 23.3. The van der Waals surface area contributed by atoms with Crippen molar-refractivity contribution in [1.82, 2.24) is 0 Å². The summed E-state index contributed by atoms with van der Waals surface area (Å²) in [6.07, 6.45) is 7.20. The molecule has 2 heteroatoms. The summed E-state index contributed by atoms with van der Waals surface area (Å²) in [5, 5.41) is 0. The molecule has 0 unspecified atom stereocenters. The van der Waals surface area contributed by atoms with E-state index in [0.717, 1.165) is 11.7 Å². The Labute approximate surface area is 120 Å². The Morgan fingerprint density at radius 3 is 2.37 bits per heavy atom. The second kappa shape index (κ2) is 7.74. The van der Waals surface area contributed by atoms with Gasteiger partial charge in [-0.05, 0) is 36.5 Å². The largest absolute Gasteiger partial charge is 0.497 e. The molecule has 1 aromatic rings. The zero-order valence-corrected chi connectivity index (χ0v) is 13.7. The summed E-state index contributed by atoms with van der Waals surface area (Å²) in [5.41, 5.74) is 1.53. The summed E-state index contributed by atoms with van der Waals surface area (Å²) in [6.45, 7) is 2.31. The molecule has 1 aliphatic heterocycles. The van der Waals surface area contributed by atoms with Crippen molar-refractivity contribution in [2.24, 2.45) is 0 Å². The number of unbranched alkanes of at least 4 members (excludes halogenated alkanes) is 2. The molecular formula is C17H28OSi. The van der Waals surface area contributed by atoms with Gasteiger partial charge in [0, 0.05) is 8.80 Å². The van der Waals surface area contributed by atoms with Gasteiger partial charge in [-0.25, -0.2) is 0 Å². The van der Waals surface area contributed by atoms with Crippen molar-refractivity contribution in [2.45, 2.75) is 63.1 Å². The molecule has 1 aliphatic rings. The van der Waals surface area contributed by atoms with E-state index in [1.165, 1.54) is 37.7 Å². The fourth-order valence-electron chi connectivity index (χ4n) is 3.34. The van der Waals surface area contributed by atoms with Crippen LogP contribution in [0.1, 0.15) is 50.5 Å². The van der Waals surface area contributed by atoms with Crippen LogP contribution in [-0.4, -0.2) is 15.9 Å². The average Bonchev–Trinajstić information content (AvgIpc) is 2.48. The van der Waals surface area contributed by atoms with Crippen molar-refractivity contribution in [2.75, 3.05) is 7.11 Å². The fourth-order valence-corrected chi connectivity index (χ4v) is 6.82. The number of ether oxygens (including phenoxy) is 1. The Bertz CT molecular complexity index is 352. The smallest absolute Gasteiger partial charge is 0.118 e. The molecule has 1 saturated heterocycles. The van der Waals surface area contributed by atoms with Crippen LogP contribution in [0.15, 0.2) is 24.3 Å². The fraction of sp³-hybridized carbons (Fsp3) is 0.647. The molecule has 0 atom stereocenters. The minimum atomic E-state index is -0.360. The Hall–Kier alpha value is -0.763. The summed E-state index contributed by atoms with van der Waals surface area (Å²) in [6, 6.07) is 13.5. The lowest BCUT2D eigenvalue weighted by atomic mass is 9.93.